The van der Waals surface area contributed by atoms with Crippen LogP contribution in [0.1, 0.15) is 50.2 Å². The van der Waals surface area contributed by atoms with Gasteiger partial charge in [0.25, 0.3) is 5.91 Å². The van der Waals surface area contributed by atoms with Crippen molar-refractivity contribution in [1.82, 2.24) is 9.47 Å². The summed E-state index contributed by atoms with van der Waals surface area (Å²) >= 11 is 1.44. The lowest BCUT2D eigenvalue weighted by Crippen LogP contribution is -2.28. The van der Waals surface area contributed by atoms with Gasteiger partial charge in [0.2, 0.25) is 0 Å². The summed E-state index contributed by atoms with van der Waals surface area (Å²) in [6.07, 6.45) is 2.01. The lowest BCUT2D eigenvalue weighted by Gasteiger charge is -2.20. The third-order valence-electron chi connectivity index (χ3n) is 6.54. The number of rotatable bonds is 5. The largest absolute Gasteiger partial charge is 0.378 e. The van der Waals surface area contributed by atoms with Gasteiger partial charge in [0.05, 0.1) is 10.6 Å². The number of hydrogen-bond donors (Lipinski definition) is 0. The van der Waals surface area contributed by atoms with E-state index in [9.17, 15) is 4.79 Å². The average molecular weight is 501 g/mol. The molecule has 1 aliphatic rings. The van der Waals surface area contributed by atoms with E-state index in [0.29, 0.717) is 11.4 Å². The van der Waals surface area contributed by atoms with Crippen LogP contribution in [0.2, 0.25) is 0 Å². The van der Waals surface area contributed by atoms with E-state index in [1.165, 1.54) is 17.3 Å². The Morgan fingerprint density at radius 3 is 2.19 bits per heavy atom. The Balaban J connectivity index is 1.64. The maximum atomic E-state index is 13.2. The minimum atomic E-state index is 0.00509. The van der Waals surface area contributed by atoms with E-state index in [4.69, 9.17) is 4.99 Å². The molecule has 0 atom stereocenters. The molecule has 1 aromatic heterocycles. The minimum Gasteiger partial charge on any atom is -0.378 e. The molecule has 2 heterocycles. The molecule has 0 N–H and O–H groups in total. The summed E-state index contributed by atoms with van der Waals surface area (Å²) in [5.74, 6) is 0.00509. The molecule has 1 amide bonds. The van der Waals surface area contributed by atoms with Crippen molar-refractivity contribution in [2.45, 2.75) is 47.0 Å². The third-order valence-corrected chi connectivity index (χ3v) is 7.55. The van der Waals surface area contributed by atoms with Gasteiger partial charge in [-0.1, -0.05) is 32.9 Å². The SMILES string of the molecule is CCN1C(=O)/C(=C/c2cc(C)n(-c3ccc(C(C)(C)C)cc3)c2C)SC1=Nc1ccc(N(C)C)cc1. The molecule has 36 heavy (non-hydrogen) atoms. The standard InChI is InChI=1S/C30H36N4OS/c1-9-33-28(35)27(36-29(33)31-24-12-16-25(17-13-24)32(7)8)19-22-18-20(2)34(21(22)3)26-14-10-23(11-15-26)30(4,5)6/h10-19H,9H2,1-8H3/b27-19-,31-29?. The summed E-state index contributed by atoms with van der Waals surface area (Å²) in [4.78, 5) is 22.5. The Labute approximate surface area is 219 Å². The lowest BCUT2D eigenvalue weighted by molar-refractivity contribution is -0.122. The topological polar surface area (TPSA) is 40.8 Å². The van der Waals surface area contributed by atoms with Gasteiger partial charge in [-0.25, -0.2) is 4.99 Å². The molecule has 4 rings (SSSR count). The van der Waals surface area contributed by atoms with Crippen molar-refractivity contribution in [3.8, 4) is 5.69 Å². The molecule has 5 nitrogen and oxygen atoms in total. The van der Waals surface area contributed by atoms with E-state index in [2.05, 4.69) is 74.4 Å². The van der Waals surface area contributed by atoms with Crippen LogP contribution >= 0.6 is 11.8 Å². The minimum absolute atomic E-state index is 0.00509. The quantitative estimate of drug-likeness (QED) is 0.351. The first-order chi connectivity index (χ1) is 17.0. The molecule has 0 radical (unpaired) electrons. The van der Waals surface area contributed by atoms with Crippen molar-refractivity contribution in [3.63, 3.8) is 0 Å². The van der Waals surface area contributed by atoms with Gasteiger partial charge in [-0.05, 0) is 97.6 Å². The summed E-state index contributed by atoms with van der Waals surface area (Å²) in [7, 11) is 4.03. The van der Waals surface area contributed by atoms with Crippen LogP contribution in [0.4, 0.5) is 11.4 Å². The van der Waals surface area contributed by atoms with Crippen LogP contribution in [0.5, 0.6) is 0 Å². The Hall–Kier alpha value is -3.25. The summed E-state index contributed by atoms with van der Waals surface area (Å²) in [6.45, 7) is 13.5. The summed E-state index contributed by atoms with van der Waals surface area (Å²) in [5.41, 5.74) is 7.82. The van der Waals surface area contributed by atoms with Crippen molar-refractivity contribution in [1.29, 1.82) is 0 Å². The second-order valence-corrected chi connectivity index (χ2v) is 11.4. The van der Waals surface area contributed by atoms with Crippen LogP contribution in [0.25, 0.3) is 11.8 Å². The zero-order chi connectivity index (χ0) is 26.2. The Kier molecular flexibility index (Phi) is 7.19. The number of thioether (sulfide) groups is 1. The molecular formula is C30H36N4OS. The van der Waals surface area contributed by atoms with Crippen LogP contribution < -0.4 is 4.90 Å². The molecular weight excluding hydrogens is 464 g/mol. The van der Waals surface area contributed by atoms with Gasteiger partial charge >= 0.3 is 0 Å². The highest BCUT2D eigenvalue weighted by atomic mass is 32.2. The van der Waals surface area contributed by atoms with Crippen molar-refractivity contribution in [3.05, 3.63) is 82.0 Å². The van der Waals surface area contributed by atoms with Crippen molar-refractivity contribution < 1.29 is 4.79 Å². The summed E-state index contributed by atoms with van der Waals surface area (Å²) < 4.78 is 2.25. The van der Waals surface area contributed by atoms with Crippen LogP contribution in [0.3, 0.4) is 0 Å². The van der Waals surface area contributed by atoms with Gasteiger partial charge in [-0.2, -0.15) is 0 Å². The van der Waals surface area contributed by atoms with Crippen molar-refractivity contribution in [2.24, 2.45) is 4.99 Å². The molecule has 0 spiro atoms. The molecule has 2 aromatic carbocycles. The van der Waals surface area contributed by atoms with Gasteiger partial charge in [0.15, 0.2) is 5.17 Å². The van der Waals surface area contributed by atoms with Gasteiger partial charge in [0.1, 0.15) is 0 Å². The predicted octanol–water partition coefficient (Wildman–Crippen LogP) is 7.08. The number of carbonyl (C=O) groups excluding carboxylic acids is 1. The Bertz CT molecular complexity index is 1320. The maximum Gasteiger partial charge on any atom is 0.266 e. The zero-order valence-corrected chi connectivity index (χ0v) is 23.4. The number of amides is 1. The van der Waals surface area contributed by atoms with Crippen LogP contribution in [-0.4, -0.2) is 41.2 Å². The number of likely N-dealkylation sites (N-methyl/N-ethyl adjacent to an activating group) is 1. The fourth-order valence-electron chi connectivity index (χ4n) is 4.39. The smallest absolute Gasteiger partial charge is 0.266 e. The zero-order valence-electron chi connectivity index (χ0n) is 22.6. The van der Waals surface area contributed by atoms with E-state index in [0.717, 1.165) is 39.2 Å². The number of aliphatic imine (C=N–C) groups is 1. The second kappa shape index (κ2) is 10.0. The monoisotopic (exact) mass is 500 g/mol. The normalized spacial score (nSPS) is 16.4. The van der Waals surface area contributed by atoms with Crippen molar-refractivity contribution in [2.75, 3.05) is 25.5 Å². The average Bonchev–Trinajstić information content (AvgIpc) is 3.27. The molecule has 0 bridgehead atoms. The molecule has 188 valence electrons. The number of aromatic nitrogens is 1. The number of carbonyl (C=O) groups is 1. The van der Waals surface area contributed by atoms with E-state index in [-0.39, 0.29) is 11.3 Å². The van der Waals surface area contributed by atoms with Gasteiger partial charge in [0, 0.05) is 43.4 Å². The van der Waals surface area contributed by atoms with E-state index < -0.39 is 0 Å². The van der Waals surface area contributed by atoms with E-state index in [1.54, 1.807) is 4.90 Å². The first-order valence-corrected chi connectivity index (χ1v) is 13.2. The number of amidine groups is 1. The third kappa shape index (κ3) is 5.14. The second-order valence-electron chi connectivity index (χ2n) is 10.4. The Morgan fingerprint density at radius 2 is 1.64 bits per heavy atom. The van der Waals surface area contributed by atoms with E-state index >= 15 is 0 Å². The molecule has 0 saturated carbocycles. The number of benzene rings is 2. The summed E-state index contributed by atoms with van der Waals surface area (Å²) in [6, 6.07) is 19.0. The van der Waals surface area contributed by atoms with Gasteiger partial charge < -0.3 is 9.47 Å². The van der Waals surface area contributed by atoms with Crippen LogP contribution in [0.15, 0.2) is 64.5 Å². The molecule has 1 saturated heterocycles. The predicted molar refractivity (Wildman–Crippen MR) is 155 cm³/mol. The molecule has 1 fully saturated rings. The number of nitrogens with zero attached hydrogens (tertiary/aromatic N) is 4. The molecule has 0 unspecified atom stereocenters. The molecule has 3 aromatic rings. The molecule has 1 aliphatic heterocycles. The number of anilines is 1. The maximum absolute atomic E-state index is 13.2. The van der Waals surface area contributed by atoms with Crippen LogP contribution in [0, 0.1) is 13.8 Å². The summed E-state index contributed by atoms with van der Waals surface area (Å²) in [5, 5.41) is 0.720. The van der Waals surface area contributed by atoms with E-state index in [1.807, 2.05) is 51.4 Å². The number of hydrogen-bond acceptors (Lipinski definition) is 4. The highest BCUT2D eigenvalue weighted by Gasteiger charge is 2.32. The first-order valence-electron chi connectivity index (χ1n) is 12.4. The van der Waals surface area contributed by atoms with Gasteiger partial charge in [-0.15, -0.1) is 0 Å². The fraction of sp³-hybridized carbons (Fsp3) is 0.333. The lowest BCUT2D eigenvalue weighted by atomic mass is 9.87. The highest BCUT2D eigenvalue weighted by molar-refractivity contribution is 8.18. The molecule has 0 aliphatic carbocycles. The van der Waals surface area contributed by atoms with Crippen molar-refractivity contribution >= 4 is 40.3 Å². The van der Waals surface area contributed by atoms with Gasteiger partial charge in [-0.3, -0.25) is 9.69 Å². The van der Waals surface area contributed by atoms with Crippen LogP contribution in [-0.2, 0) is 10.2 Å². The highest BCUT2D eigenvalue weighted by Crippen LogP contribution is 2.35. The Morgan fingerprint density at radius 1 is 1.00 bits per heavy atom. The first kappa shape index (κ1) is 25.8. The molecule has 6 heteroatoms. The fourth-order valence-corrected chi connectivity index (χ4v) is 5.44. The number of aryl methyl sites for hydroxylation is 1.